The number of fused-ring (bicyclic) bond motifs is 1. The van der Waals surface area contributed by atoms with Crippen molar-refractivity contribution in [2.75, 3.05) is 13.7 Å². The summed E-state index contributed by atoms with van der Waals surface area (Å²) in [4.78, 5) is 28.9. The van der Waals surface area contributed by atoms with Gasteiger partial charge in [-0.2, -0.15) is 5.10 Å². The van der Waals surface area contributed by atoms with Crippen molar-refractivity contribution in [2.45, 2.75) is 33.1 Å². The fourth-order valence-corrected chi connectivity index (χ4v) is 4.46. The van der Waals surface area contributed by atoms with E-state index in [9.17, 15) is 9.59 Å². The van der Waals surface area contributed by atoms with Gasteiger partial charge in [-0.3, -0.25) is 9.59 Å². The number of hydrogen-bond acceptors (Lipinski definition) is 6. The van der Waals surface area contributed by atoms with E-state index in [4.69, 9.17) is 26.4 Å². The normalized spacial score (nSPS) is 11.8. The van der Waals surface area contributed by atoms with Crippen molar-refractivity contribution in [1.29, 1.82) is 0 Å². The molecular weight excluding hydrogens is 464 g/mol. The van der Waals surface area contributed by atoms with Crippen LogP contribution in [0.5, 0.6) is 0 Å². The molecule has 0 fully saturated rings. The van der Waals surface area contributed by atoms with Crippen molar-refractivity contribution in [1.82, 2.24) is 20.1 Å². The predicted octanol–water partition coefficient (Wildman–Crippen LogP) is 4.57. The van der Waals surface area contributed by atoms with E-state index < -0.39 is 18.4 Å². The van der Waals surface area contributed by atoms with Gasteiger partial charge in [0.1, 0.15) is 6.54 Å². The number of halogens is 1. The van der Waals surface area contributed by atoms with E-state index in [-0.39, 0.29) is 12.3 Å². The number of methoxy groups -OCH3 is 1. The van der Waals surface area contributed by atoms with Gasteiger partial charge >= 0.3 is 5.97 Å². The number of amides is 1. The van der Waals surface area contributed by atoms with Crippen LogP contribution in [0, 0.1) is 0 Å². The first-order valence-corrected chi connectivity index (χ1v) is 11.4. The second-order valence-corrected chi connectivity index (χ2v) is 9.16. The summed E-state index contributed by atoms with van der Waals surface area (Å²) in [6, 6.07) is 5.31. The molecule has 0 saturated carbocycles. The number of carboxylic acid groups (broad SMARTS) is 1. The monoisotopic (exact) mass is 488 g/mol. The van der Waals surface area contributed by atoms with Crippen LogP contribution in [0.4, 0.5) is 0 Å². The third-order valence-corrected chi connectivity index (χ3v) is 6.40. The SMILES string of the molecule is C=C(C=C(C)OC)c1nc(-n2nc(CC(=O)NCC(=O)O)c3cc(Cl)ccc32)sc1C(C)C. The van der Waals surface area contributed by atoms with Crippen LogP contribution in [0.25, 0.3) is 21.6 Å². The molecule has 3 aromatic rings. The Labute approximate surface area is 200 Å². The number of aromatic nitrogens is 3. The summed E-state index contributed by atoms with van der Waals surface area (Å²) >= 11 is 7.70. The summed E-state index contributed by atoms with van der Waals surface area (Å²) in [6.07, 6.45) is 1.75. The molecule has 1 amide bonds. The van der Waals surface area contributed by atoms with Gasteiger partial charge in [0.2, 0.25) is 11.0 Å². The minimum Gasteiger partial charge on any atom is -0.501 e. The lowest BCUT2D eigenvalue weighted by Crippen LogP contribution is -2.30. The highest BCUT2D eigenvalue weighted by Crippen LogP contribution is 2.35. The van der Waals surface area contributed by atoms with Crippen molar-refractivity contribution >= 4 is 51.3 Å². The second-order valence-electron chi connectivity index (χ2n) is 7.72. The van der Waals surface area contributed by atoms with Gasteiger partial charge in [0, 0.05) is 15.3 Å². The molecule has 0 radical (unpaired) electrons. The van der Waals surface area contributed by atoms with Gasteiger partial charge in [0.25, 0.3) is 0 Å². The van der Waals surface area contributed by atoms with E-state index in [2.05, 4.69) is 30.8 Å². The molecule has 0 unspecified atom stereocenters. The average Bonchev–Trinajstić information content (AvgIpc) is 3.34. The van der Waals surface area contributed by atoms with Gasteiger partial charge < -0.3 is 15.2 Å². The third-order valence-electron chi connectivity index (χ3n) is 4.83. The Balaban J connectivity index is 2.08. The van der Waals surface area contributed by atoms with Crippen LogP contribution in [-0.4, -0.2) is 45.4 Å². The fraction of sp³-hybridized carbons (Fsp3) is 0.304. The first-order chi connectivity index (χ1) is 15.6. The summed E-state index contributed by atoms with van der Waals surface area (Å²) < 4.78 is 6.94. The lowest BCUT2D eigenvalue weighted by Gasteiger charge is -2.05. The van der Waals surface area contributed by atoms with E-state index in [0.717, 1.165) is 27.4 Å². The molecule has 2 aromatic heterocycles. The maximum Gasteiger partial charge on any atom is 0.322 e. The Morgan fingerprint density at radius 2 is 2.12 bits per heavy atom. The predicted molar refractivity (Wildman–Crippen MR) is 130 cm³/mol. The Morgan fingerprint density at radius 1 is 1.39 bits per heavy atom. The van der Waals surface area contributed by atoms with Gasteiger partial charge in [-0.1, -0.05) is 43.4 Å². The summed E-state index contributed by atoms with van der Waals surface area (Å²) in [5, 5.41) is 17.6. The zero-order valence-electron chi connectivity index (χ0n) is 18.8. The van der Waals surface area contributed by atoms with Crippen LogP contribution in [0.1, 0.15) is 43.0 Å². The zero-order chi connectivity index (χ0) is 24.3. The van der Waals surface area contributed by atoms with Crippen LogP contribution in [-0.2, 0) is 20.7 Å². The molecule has 0 bridgehead atoms. The molecule has 10 heteroatoms. The minimum absolute atomic E-state index is 0.0884. The number of nitrogens with one attached hydrogen (secondary N) is 1. The minimum atomic E-state index is -1.11. The topological polar surface area (TPSA) is 106 Å². The van der Waals surface area contributed by atoms with Crippen molar-refractivity contribution < 1.29 is 19.4 Å². The number of thiazole rings is 1. The van der Waals surface area contributed by atoms with E-state index in [0.29, 0.717) is 21.2 Å². The van der Waals surface area contributed by atoms with Gasteiger partial charge in [-0.15, -0.1) is 0 Å². The number of nitrogens with zero attached hydrogens (tertiary/aromatic N) is 3. The Kier molecular flexibility index (Phi) is 7.55. The highest BCUT2D eigenvalue weighted by molar-refractivity contribution is 7.14. The molecule has 0 saturated heterocycles. The first kappa shape index (κ1) is 24.5. The number of carboxylic acids is 1. The zero-order valence-corrected chi connectivity index (χ0v) is 20.4. The molecular formula is C23H25ClN4O4S. The first-order valence-electron chi connectivity index (χ1n) is 10.2. The summed E-state index contributed by atoms with van der Waals surface area (Å²) in [7, 11) is 1.60. The lowest BCUT2D eigenvalue weighted by molar-refractivity contribution is -0.137. The molecule has 174 valence electrons. The highest BCUT2D eigenvalue weighted by Gasteiger charge is 2.21. The van der Waals surface area contributed by atoms with Crippen molar-refractivity contribution in [3.8, 4) is 5.13 Å². The maximum absolute atomic E-state index is 12.3. The molecule has 0 aliphatic heterocycles. The van der Waals surface area contributed by atoms with E-state index in [1.165, 1.54) is 11.3 Å². The van der Waals surface area contributed by atoms with Crippen LogP contribution >= 0.6 is 22.9 Å². The number of benzene rings is 1. The highest BCUT2D eigenvalue weighted by atomic mass is 35.5. The van der Waals surface area contributed by atoms with Crippen molar-refractivity contribution in [3.05, 3.63) is 57.9 Å². The van der Waals surface area contributed by atoms with Crippen LogP contribution in [0.2, 0.25) is 5.02 Å². The lowest BCUT2D eigenvalue weighted by atomic mass is 10.1. The number of carbonyl (C=O) groups is 2. The molecule has 2 N–H and O–H groups in total. The van der Waals surface area contributed by atoms with Gasteiger partial charge in [-0.05, 0) is 42.7 Å². The van der Waals surface area contributed by atoms with Crippen molar-refractivity contribution in [2.24, 2.45) is 0 Å². The van der Waals surface area contributed by atoms with Gasteiger partial charge in [-0.25, -0.2) is 9.67 Å². The Bertz CT molecular complexity index is 1260. The average molecular weight is 489 g/mol. The summed E-state index contributed by atoms with van der Waals surface area (Å²) in [5.74, 6) is -0.633. The Hall–Kier alpha value is -3.17. The quantitative estimate of drug-likeness (QED) is 0.337. The molecule has 2 heterocycles. The number of ether oxygens (including phenoxy) is 1. The molecule has 1 aromatic carbocycles. The molecule has 0 aliphatic rings. The standard InChI is InChI=1S/C23H25ClN4O4S/c1-12(2)22-21(13(3)8-14(4)32-5)26-23(33-22)28-18-7-6-15(24)9-16(18)17(27-28)10-19(29)25-11-20(30)31/h6-9,12H,3,10-11H2,1-2,4-5H3,(H,25,29)(H,30,31). The molecule has 8 nitrogen and oxygen atoms in total. The van der Waals surface area contributed by atoms with Gasteiger partial charge in [0.15, 0.2) is 0 Å². The summed E-state index contributed by atoms with van der Waals surface area (Å²) in [5.41, 5.74) is 2.71. The van der Waals surface area contributed by atoms with Crippen LogP contribution in [0.15, 0.2) is 36.6 Å². The number of hydrogen-bond donors (Lipinski definition) is 2. The summed E-state index contributed by atoms with van der Waals surface area (Å²) in [6.45, 7) is 9.71. The molecule has 33 heavy (non-hydrogen) atoms. The number of carbonyl (C=O) groups excluding carboxylic acids is 1. The molecule has 0 atom stereocenters. The smallest absolute Gasteiger partial charge is 0.322 e. The van der Waals surface area contributed by atoms with Gasteiger partial charge in [0.05, 0.1) is 36.2 Å². The van der Waals surface area contributed by atoms with Crippen LogP contribution in [0.3, 0.4) is 0 Å². The molecule has 3 rings (SSSR count). The van der Waals surface area contributed by atoms with Crippen LogP contribution < -0.4 is 5.32 Å². The largest absolute Gasteiger partial charge is 0.501 e. The molecule has 0 aliphatic carbocycles. The van der Waals surface area contributed by atoms with E-state index in [1.807, 2.05) is 19.1 Å². The number of rotatable bonds is 9. The fourth-order valence-electron chi connectivity index (χ4n) is 3.22. The second kappa shape index (κ2) is 10.2. The van der Waals surface area contributed by atoms with E-state index >= 15 is 0 Å². The van der Waals surface area contributed by atoms with Crippen molar-refractivity contribution in [3.63, 3.8) is 0 Å². The number of aliphatic carboxylic acids is 1. The molecule has 0 spiro atoms. The third kappa shape index (κ3) is 5.61. The maximum atomic E-state index is 12.3. The Morgan fingerprint density at radius 3 is 2.76 bits per heavy atom. The number of allylic oxidation sites excluding steroid dienone is 3. The van der Waals surface area contributed by atoms with E-state index in [1.54, 1.807) is 23.9 Å².